The molecule has 0 bridgehead atoms. The van der Waals surface area contributed by atoms with E-state index in [2.05, 4.69) is 47.4 Å². The Kier molecular flexibility index (Phi) is 4.84. The third-order valence-corrected chi connectivity index (χ3v) is 5.50. The third kappa shape index (κ3) is 3.77. The maximum Gasteiger partial charge on any atom is 0.253 e. The van der Waals surface area contributed by atoms with Crippen molar-refractivity contribution in [2.75, 3.05) is 26.2 Å². The van der Waals surface area contributed by atoms with Crippen LogP contribution in [0.5, 0.6) is 0 Å². The number of nitrogens with zero attached hydrogens (tertiary/aromatic N) is 2. The molecule has 2 aromatic carbocycles. The minimum absolute atomic E-state index is 0.202. The topological polar surface area (TPSA) is 23.6 Å². The van der Waals surface area contributed by atoms with E-state index in [-0.39, 0.29) is 5.91 Å². The van der Waals surface area contributed by atoms with E-state index in [1.807, 2.05) is 11.0 Å². The van der Waals surface area contributed by atoms with Gasteiger partial charge in [0.05, 0.1) is 0 Å². The van der Waals surface area contributed by atoms with Crippen LogP contribution in [0.3, 0.4) is 0 Å². The molecule has 1 heterocycles. The molecule has 0 spiro atoms. The molecule has 1 aliphatic carbocycles. The van der Waals surface area contributed by atoms with Crippen LogP contribution in [0.2, 0.25) is 0 Å². The van der Waals surface area contributed by atoms with Crippen molar-refractivity contribution in [2.45, 2.75) is 32.2 Å². The molecule has 1 aliphatic heterocycles. The predicted molar refractivity (Wildman–Crippen MR) is 101 cm³/mol. The summed E-state index contributed by atoms with van der Waals surface area (Å²) in [5, 5.41) is 0. The zero-order valence-electron chi connectivity index (χ0n) is 14.8. The molecule has 0 aromatic heterocycles. The van der Waals surface area contributed by atoms with Gasteiger partial charge in [-0.1, -0.05) is 36.4 Å². The second-order valence-corrected chi connectivity index (χ2v) is 7.24. The average molecular weight is 334 g/mol. The fourth-order valence-corrected chi connectivity index (χ4v) is 4.00. The Morgan fingerprint density at radius 1 is 0.840 bits per heavy atom. The zero-order chi connectivity index (χ0) is 17.1. The Labute approximate surface area is 150 Å². The normalized spacial score (nSPS) is 18.0. The summed E-state index contributed by atoms with van der Waals surface area (Å²) in [5.74, 6) is 0.202. The molecule has 0 unspecified atom stereocenters. The van der Waals surface area contributed by atoms with Gasteiger partial charge in [0.25, 0.3) is 5.91 Å². The van der Waals surface area contributed by atoms with Crippen molar-refractivity contribution in [3.63, 3.8) is 0 Å². The standard InChI is InChI=1S/C22H26N2O/c25-22(21-11-10-19-8-4-5-9-20(19)16-21)24-14-12-23(13-15-24)17-18-6-2-1-3-7-18/h1-3,6-7,10-11,16H,4-5,8-9,12-15,17H2. The Hall–Kier alpha value is -2.13. The van der Waals surface area contributed by atoms with E-state index in [0.29, 0.717) is 0 Å². The van der Waals surface area contributed by atoms with Gasteiger partial charge in [-0.3, -0.25) is 9.69 Å². The number of carbonyl (C=O) groups excluding carboxylic acids is 1. The molecule has 0 N–H and O–H groups in total. The van der Waals surface area contributed by atoms with Crippen molar-refractivity contribution < 1.29 is 4.79 Å². The van der Waals surface area contributed by atoms with E-state index in [1.54, 1.807) is 0 Å². The number of amides is 1. The first-order valence-electron chi connectivity index (χ1n) is 9.47. The number of piperazine rings is 1. The van der Waals surface area contributed by atoms with Gasteiger partial charge in [-0.2, -0.15) is 0 Å². The van der Waals surface area contributed by atoms with Gasteiger partial charge in [0, 0.05) is 38.3 Å². The number of benzene rings is 2. The summed E-state index contributed by atoms with van der Waals surface area (Å²) in [6.07, 6.45) is 4.83. The first-order valence-corrected chi connectivity index (χ1v) is 9.47. The summed E-state index contributed by atoms with van der Waals surface area (Å²) in [6, 6.07) is 16.9. The SMILES string of the molecule is O=C(c1ccc2c(c1)CCCC2)N1CCN(Cc2ccccc2)CC1. The number of rotatable bonds is 3. The lowest BCUT2D eigenvalue weighted by Gasteiger charge is -2.35. The molecule has 130 valence electrons. The number of hydrogen-bond donors (Lipinski definition) is 0. The van der Waals surface area contributed by atoms with Crippen molar-refractivity contribution in [3.8, 4) is 0 Å². The molecule has 2 aromatic rings. The Balaban J connectivity index is 1.36. The molecule has 25 heavy (non-hydrogen) atoms. The van der Waals surface area contributed by atoms with Crippen LogP contribution in [0.4, 0.5) is 0 Å². The van der Waals surface area contributed by atoms with Crippen LogP contribution in [-0.2, 0) is 19.4 Å². The van der Waals surface area contributed by atoms with Gasteiger partial charge in [-0.05, 0) is 54.5 Å². The highest BCUT2D eigenvalue weighted by Gasteiger charge is 2.23. The van der Waals surface area contributed by atoms with Crippen molar-refractivity contribution in [3.05, 3.63) is 70.8 Å². The maximum atomic E-state index is 12.9. The van der Waals surface area contributed by atoms with E-state index in [9.17, 15) is 4.79 Å². The summed E-state index contributed by atoms with van der Waals surface area (Å²) in [6.45, 7) is 4.52. The molecular formula is C22H26N2O. The summed E-state index contributed by atoms with van der Waals surface area (Å²) in [5.41, 5.74) is 5.05. The van der Waals surface area contributed by atoms with E-state index in [0.717, 1.165) is 44.7 Å². The van der Waals surface area contributed by atoms with Crippen LogP contribution < -0.4 is 0 Å². The molecule has 0 saturated carbocycles. The zero-order valence-corrected chi connectivity index (χ0v) is 14.8. The van der Waals surface area contributed by atoms with Gasteiger partial charge in [-0.25, -0.2) is 0 Å². The highest BCUT2D eigenvalue weighted by molar-refractivity contribution is 5.94. The molecule has 0 atom stereocenters. The smallest absolute Gasteiger partial charge is 0.253 e. The molecular weight excluding hydrogens is 308 g/mol. The molecule has 3 heteroatoms. The lowest BCUT2D eigenvalue weighted by Crippen LogP contribution is -2.48. The molecule has 3 nitrogen and oxygen atoms in total. The summed E-state index contributed by atoms with van der Waals surface area (Å²) in [7, 11) is 0. The highest BCUT2D eigenvalue weighted by Crippen LogP contribution is 2.23. The van der Waals surface area contributed by atoms with E-state index < -0.39 is 0 Å². The number of carbonyl (C=O) groups is 1. The predicted octanol–water partition coefficient (Wildman–Crippen LogP) is 3.52. The minimum atomic E-state index is 0.202. The molecule has 4 rings (SSSR count). The van der Waals surface area contributed by atoms with Crippen molar-refractivity contribution in [1.82, 2.24) is 9.80 Å². The Morgan fingerprint density at radius 2 is 1.56 bits per heavy atom. The fourth-order valence-electron chi connectivity index (χ4n) is 4.00. The summed E-state index contributed by atoms with van der Waals surface area (Å²) < 4.78 is 0. The second-order valence-electron chi connectivity index (χ2n) is 7.24. The van der Waals surface area contributed by atoms with Gasteiger partial charge in [-0.15, -0.1) is 0 Å². The first-order chi connectivity index (χ1) is 12.3. The summed E-state index contributed by atoms with van der Waals surface area (Å²) >= 11 is 0. The number of aryl methyl sites for hydroxylation is 2. The number of fused-ring (bicyclic) bond motifs is 1. The van der Waals surface area contributed by atoms with Crippen LogP contribution in [0.25, 0.3) is 0 Å². The van der Waals surface area contributed by atoms with E-state index >= 15 is 0 Å². The highest BCUT2D eigenvalue weighted by atomic mass is 16.2. The molecule has 1 saturated heterocycles. The van der Waals surface area contributed by atoms with Gasteiger partial charge in [0.15, 0.2) is 0 Å². The van der Waals surface area contributed by atoms with Crippen molar-refractivity contribution >= 4 is 5.91 Å². The Bertz CT molecular complexity index is 733. The molecule has 0 radical (unpaired) electrons. The van der Waals surface area contributed by atoms with Crippen LogP contribution in [0, 0.1) is 0 Å². The molecule has 1 fully saturated rings. The maximum absolute atomic E-state index is 12.9. The van der Waals surface area contributed by atoms with Crippen molar-refractivity contribution in [2.24, 2.45) is 0 Å². The molecule has 2 aliphatic rings. The minimum Gasteiger partial charge on any atom is -0.336 e. The van der Waals surface area contributed by atoms with E-state index in [1.165, 1.54) is 36.0 Å². The first kappa shape index (κ1) is 16.3. The second kappa shape index (κ2) is 7.40. The lowest BCUT2D eigenvalue weighted by atomic mass is 9.90. The fraction of sp³-hybridized carbons (Fsp3) is 0.409. The van der Waals surface area contributed by atoms with Gasteiger partial charge in [0.1, 0.15) is 0 Å². The van der Waals surface area contributed by atoms with Crippen LogP contribution in [0.15, 0.2) is 48.5 Å². The Morgan fingerprint density at radius 3 is 2.32 bits per heavy atom. The quantitative estimate of drug-likeness (QED) is 0.857. The summed E-state index contributed by atoms with van der Waals surface area (Å²) in [4.78, 5) is 17.3. The average Bonchev–Trinajstić information content (AvgIpc) is 2.68. The van der Waals surface area contributed by atoms with Crippen LogP contribution in [0.1, 0.15) is 39.9 Å². The van der Waals surface area contributed by atoms with Gasteiger partial charge < -0.3 is 4.90 Å². The third-order valence-electron chi connectivity index (χ3n) is 5.50. The van der Waals surface area contributed by atoms with Gasteiger partial charge in [0.2, 0.25) is 0 Å². The number of hydrogen-bond acceptors (Lipinski definition) is 2. The largest absolute Gasteiger partial charge is 0.336 e. The van der Waals surface area contributed by atoms with Crippen molar-refractivity contribution in [1.29, 1.82) is 0 Å². The molecule has 1 amide bonds. The van der Waals surface area contributed by atoms with E-state index in [4.69, 9.17) is 0 Å². The van der Waals surface area contributed by atoms with Crippen LogP contribution in [-0.4, -0.2) is 41.9 Å². The van der Waals surface area contributed by atoms with Gasteiger partial charge >= 0.3 is 0 Å². The lowest BCUT2D eigenvalue weighted by molar-refractivity contribution is 0.0628. The van der Waals surface area contributed by atoms with Crippen LogP contribution >= 0.6 is 0 Å². The monoisotopic (exact) mass is 334 g/mol.